The van der Waals surface area contributed by atoms with Gasteiger partial charge in [-0.15, -0.1) is 0 Å². The van der Waals surface area contributed by atoms with Crippen molar-refractivity contribution in [3.05, 3.63) is 65.2 Å². The summed E-state index contributed by atoms with van der Waals surface area (Å²) in [5.41, 5.74) is 5.08. The Hall–Kier alpha value is -1.91. The second kappa shape index (κ2) is 8.62. The summed E-state index contributed by atoms with van der Waals surface area (Å²) in [7, 11) is 0. The summed E-state index contributed by atoms with van der Waals surface area (Å²) in [5, 5.41) is 7.71. The number of piperidine rings is 2. The van der Waals surface area contributed by atoms with Crippen LogP contribution in [0.15, 0.2) is 48.5 Å². The highest BCUT2D eigenvalue weighted by atomic mass is 32.1. The smallest absolute Gasteiger partial charge is 0.170 e. The van der Waals surface area contributed by atoms with E-state index in [9.17, 15) is 0 Å². The first-order chi connectivity index (χ1) is 13.6. The normalized spacial score (nSPS) is 24.6. The highest BCUT2D eigenvalue weighted by molar-refractivity contribution is 7.80. The predicted molar refractivity (Wildman–Crippen MR) is 122 cm³/mol. The molecule has 2 aliphatic rings. The molecule has 4 rings (SSSR count). The molecular formula is C24H31N3S. The van der Waals surface area contributed by atoms with Crippen LogP contribution < -0.4 is 10.6 Å². The Bertz CT molecular complexity index is 803. The van der Waals surface area contributed by atoms with Crippen molar-refractivity contribution in [2.24, 2.45) is 0 Å². The molecule has 0 radical (unpaired) electrons. The first-order valence-electron chi connectivity index (χ1n) is 10.5. The van der Waals surface area contributed by atoms with Crippen LogP contribution in [0.5, 0.6) is 0 Å². The van der Waals surface area contributed by atoms with Gasteiger partial charge >= 0.3 is 0 Å². The van der Waals surface area contributed by atoms with E-state index < -0.39 is 0 Å². The first kappa shape index (κ1) is 19.4. The molecular weight excluding hydrogens is 362 g/mol. The van der Waals surface area contributed by atoms with Crippen LogP contribution in [0.4, 0.5) is 5.69 Å². The average molecular weight is 394 g/mol. The minimum atomic E-state index is 0.467. The van der Waals surface area contributed by atoms with Gasteiger partial charge in [0, 0.05) is 30.4 Å². The molecule has 2 heterocycles. The molecule has 2 fully saturated rings. The van der Waals surface area contributed by atoms with E-state index in [0.29, 0.717) is 18.1 Å². The van der Waals surface area contributed by atoms with E-state index in [-0.39, 0.29) is 0 Å². The maximum atomic E-state index is 5.60. The number of hydrogen-bond donors (Lipinski definition) is 2. The highest BCUT2D eigenvalue weighted by Crippen LogP contribution is 2.35. The van der Waals surface area contributed by atoms with Crippen LogP contribution in [-0.2, 0) is 6.54 Å². The Balaban J connectivity index is 1.36. The van der Waals surface area contributed by atoms with E-state index in [0.717, 1.165) is 17.3 Å². The zero-order valence-corrected chi connectivity index (χ0v) is 17.8. The largest absolute Gasteiger partial charge is 0.360 e. The third-order valence-electron chi connectivity index (χ3n) is 6.22. The maximum absolute atomic E-state index is 5.60. The lowest BCUT2D eigenvalue weighted by molar-refractivity contribution is 0.0212. The summed E-state index contributed by atoms with van der Waals surface area (Å²) >= 11 is 5.60. The number of anilines is 1. The van der Waals surface area contributed by atoms with Crippen molar-refractivity contribution in [1.82, 2.24) is 10.2 Å². The van der Waals surface area contributed by atoms with Gasteiger partial charge in [0.1, 0.15) is 0 Å². The van der Waals surface area contributed by atoms with Gasteiger partial charge in [0.25, 0.3) is 0 Å². The third kappa shape index (κ3) is 4.73. The molecule has 0 aliphatic carbocycles. The summed E-state index contributed by atoms with van der Waals surface area (Å²) in [6.07, 6.45) is 6.33. The lowest BCUT2D eigenvalue weighted by Crippen LogP contribution is -2.56. The fourth-order valence-electron chi connectivity index (χ4n) is 4.83. The lowest BCUT2D eigenvalue weighted by atomic mass is 9.81. The monoisotopic (exact) mass is 393 g/mol. The molecule has 0 aromatic heterocycles. The Kier molecular flexibility index (Phi) is 5.98. The van der Waals surface area contributed by atoms with Crippen LogP contribution in [0.2, 0.25) is 0 Å². The first-order valence-corrected chi connectivity index (χ1v) is 10.9. The van der Waals surface area contributed by atoms with E-state index in [1.807, 2.05) is 0 Å². The van der Waals surface area contributed by atoms with Crippen molar-refractivity contribution in [3.8, 4) is 0 Å². The number of fused-ring (bicyclic) bond motifs is 2. The summed E-state index contributed by atoms with van der Waals surface area (Å²) in [4.78, 5) is 2.75. The molecule has 2 aliphatic heterocycles. The fourth-order valence-corrected chi connectivity index (χ4v) is 5.12. The molecule has 2 saturated heterocycles. The highest BCUT2D eigenvalue weighted by Gasteiger charge is 2.38. The molecule has 28 heavy (non-hydrogen) atoms. The topological polar surface area (TPSA) is 27.3 Å². The van der Waals surface area contributed by atoms with E-state index in [4.69, 9.17) is 12.2 Å². The van der Waals surface area contributed by atoms with E-state index in [1.54, 1.807) is 0 Å². The van der Waals surface area contributed by atoms with Gasteiger partial charge in [0.15, 0.2) is 5.11 Å². The maximum Gasteiger partial charge on any atom is 0.170 e. The Morgan fingerprint density at radius 2 is 1.71 bits per heavy atom. The van der Waals surface area contributed by atoms with Crippen LogP contribution in [0.3, 0.4) is 0 Å². The predicted octanol–water partition coefficient (Wildman–Crippen LogP) is 5.18. The number of benzene rings is 2. The summed E-state index contributed by atoms with van der Waals surface area (Å²) in [6, 6.07) is 19.2. The van der Waals surface area contributed by atoms with Crippen molar-refractivity contribution in [1.29, 1.82) is 0 Å². The lowest BCUT2D eigenvalue weighted by Gasteiger charge is -2.49. The van der Waals surface area contributed by atoms with E-state index in [2.05, 4.69) is 77.9 Å². The molecule has 1 unspecified atom stereocenters. The summed E-state index contributed by atoms with van der Waals surface area (Å²) in [5.74, 6) is 0. The molecule has 3 atom stereocenters. The zero-order chi connectivity index (χ0) is 19.5. The molecule has 3 nitrogen and oxygen atoms in total. The molecule has 4 heteroatoms. The summed E-state index contributed by atoms with van der Waals surface area (Å²) in [6.45, 7) is 5.34. The van der Waals surface area contributed by atoms with Crippen molar-refractivity contribution in [2.45, 2.75) is 70.6 Å². The van der Waals surface area contributed by atoms with Crippen LogP contribution >= 0.6 is 12.2 Å². The van der Waals surface area contributed by atoms with Crippen LogP contribution in [0.1, 0.15) is 48.8 Å². The molecule has 0 spiro atoms. The van der Waals surface area contributed by atoms with Crippen LogP contribution in [0.25, 0.3) is 0 Å². The van der Waals surface area contributed by atoms with Gasteiger partial charge in [0.05, 0.1) is 0 Å². The number of hydrogen-bond acceptors (Lipinski definition) is 2. The molecule has 2 aromatic carbocycles. The Labute approximate surface area is 174 Å². The van der Waals surface area contributed by atoms with E-state index >= 15 is 0 Å². The number of aryl methyl sites for hydroxylation is 2. The van der Waals surface area contributed by atoms with Gasteiger partial charge in [-0.2, -0.15) is 0 Å². The van der Waals surface area contributed by atoms with Gasteiger partial charge in [-0.1, -0.05) is 48.4 Å². The number of nitrogens with one attached hydrogen (secondary N) is 2. The van der Waals surface area contributed by atoms with Crippen molar-refractivity contribution >= 4 is 23.0 Å². The van der Waals surface area contributed by atoms with Gasteiger partial charge in [-0.25, -0.2) is 0 Å². The average Bonchev–Trinajstić information content (AvgIpc) is 2.64. The third-order valence-corrected chi connectivity index (χ3v) is 6.44. The second-order valence-corrected chi connectivity index (χ2v) is 8.94. The molecule has 0 amide bonds. The minimum absolute atomic E-state index is 0.467. The number of thiocarbonyl (C=S) groups is 1. The molecule has 0 saturated carbocycles. The zero-order valence-electron chi connectivity index (χ0n) is 16.9. The number of nitrogens with zero attached hydrogens (tertiary/aromatic N) is 1. The van der Waals surface area contributed by atoms with Gasteiger partial charge in [-0.3, -0.25) is 4.90 Å². The molecule has 2 N–H and O–H groups in total. The van der Waals surface area contributed by atoms with Crippen molar-refractivity contribution in [3.63, 3.8) is 0 Å². The number of rotatable bonds is 4. The van der Waals surface area contributed by atoms with Crippen molar-refractivity contribution < 1.29 is 0 Å². The van der Waals surface area contributed by atoms with Crippen LogP contribution in [0, 0.1) is 13.8 Å². The molecule has 2 bridgehead atoms. The Morgan fingerprint density at radius 3 is 2.39 bits per heavy atom. The van der Waals surface area contributed by atoms with E-state index in [1.165, 1.54) is 48.8 Å². The SMILES string of the molecule is Cc1ccc(CN2[C@@H]3CCC[C@H]2CC(NC(=S)Nc2cccc(C)c2)C3)cc1. The van der Waals surface area contributed by atoms with Gasteiger partial charge in [0.2, 0.25) is 0 Å². The van der Waals surface area contributed by atoms with Crippen LogP contribution in [-0.4, -0.2) is 28.1 Å². The summed E-state index contributed by atoms with van der Waals surface area (Å²) < 4.78 is 0. The van der Waals surface area contributed by atoms with Gasteiger partial charge < -0.3 is 10.6 Å². The second-order valence-electron chi connectivity index (χ2n) is 8.53. The fraction of sp³-hybridized carbons (Fsp3) is 0.458. The molecule has 2 aromatic rings. The standard InChI is InChI=1S/C24H31N3S/c1-17-9-11-19(12-10-17)16-27-22-7-4-8-23(27)15-21(14-22)26-24(28)25-20-6-3-5-18(2)13-20/h3,5-6,9-13,21-23H,4,7-8,14-16H2,1-2H3,(H2,25,26,28)/t21?,22-,23+. The minimum Gasteiger partial charge on any atom is -0.360 e. The van der Waals surface area contributed by atoms with Crippen molar-refractivity contribution in [2.75, 3.05) is 5.32 Å². The van der Waals surface area contributed by atoms with Gasteiger partial charge in [-0.05, 0) is 75.0 Å². The molecule has 148 valence electrons. The Morgan fingerprint density at radius 1 is 1.00 bits per heavy atom. The quantitative estimate of drug-likeness (QED) is 0.700.